The Labute approximate surface area is 254 Å². The van der Waals surface area contributed by atoms with Crippen molar-refractivity contribution in [3.8, 4) is 11.5 Å². The molecule has 2 aliphatic heterocycles. The van der Waals surface area contributed by atoms with Crippen molar-refractivity contribution in [3.63, 3.8) is 0 Å². The molecule has 1 saturated heterocycles. The highest BCUT2D eigenvalue weighted by atomic mass is 16.5. The average molecular weight is 587 g/mol. The number of carbonyl (C=O) groups is 2. The van der Waals surface area contributed by atoms with Crippen LogP contribution in [0.15, 0.2) is 60.7 Å². The molecular weight excluding hydrogens is 544 g/mol. The quantitative estimate of drug-likeness (QED) is 0.451. The molecule has 3 aromatic carbocycles. The lowest BCUT2D eigenvalue weighted by molar-refractivity contribution is 0.0668. The molecule has 0 N–H and O–H groups in total. The van der Waals surface area contributed by atoms with E-state index in [1.165, 1.54) is 0 Å². The summed E-state index contributed by atoms with van der Waals surface area (Å²) >= 11 is 0. The van der Waals surface area contributed by atoms with Gasteiger partial charge in [0.15, 0.2) is 0 Å². The van der Waals surface area contributed by atoms with E-state index in [-0.39, 0.29) is 11.8 Å². The van der Waals surface area contributed by atoms with Crippen molar-refractivity contribution >= 4 is 17.5 Å². The lowest BCUT2D eigenvalue weighted by Gasteiger charge is -2.30. The van der Waals surface area contributed by atoms with E-state index in [9.17, 15) is 9.59 Å². The minimum Gasteiger partial charge on any atom is -0.496 e. The number of methoxy groups -OCH3 is 1. The number of carbonyl (C=O) groups excluding carboxylic acids is 2. The fraction of sp³-hybridized carbons (Fsp3) is 0.412. The van der Waals surface area contributed by atoms with Crippen LogP contribution in [0.4, 0.5) is 5.69 Å². The van der Waals surface area contributed by atoms with E-state index in [1.807, 2.05) is 61.5 Å². The van der Waals surface area contributed by atoms with Gasteiger partial charge in [-0.05, 0) is 68.2 Å². The maximum absolute atomic E-state index is 13.9. The van der Waals surface area contributed by atoms with Crippen LogP contribution in [0.2, 0.25) is 0 Å². The number of hydrogen-bond donors (Lipinski definition) is 0. The summed E-state index contributed by atoms with van der Waals surface area (Å²) in [6, 6.07) is 19.6. The predicted molar refractivity (Wildman–Crippen MR) is 167 cm³/mol. The second kappa shape index (κ2) is 13.9. The van der Waals surface area contributed by atoms with Crippen molar-refractivity contribution in [1.82, 2.24) is 14.7 Å². The van der Waals surface area contributed by atoms with E-state index >= 15 is 0 Å². The number of ether oxygens (including phenoxy) is 3. The monoisotopic (exact) mass is 586 g/mol. The first-order chi connectivity index (χ1) is 20.8. The van der Waals surface area contributed by atoms with Crippen molar-refractivity contribution in [2.75, 3.05) is 85.7 Å². The van der Waals surface area contributed by atoms with Gasteiger partial charge in [-0.25, -0.2) is 0 Å². The van der Waals surface area contributed by atoms with E-state index in [0.717, 1.165) is 47.0 Å². The molecule has 0 aromatic heterocycles. The maximum atomic E-state index is 13.9. The molecule has 2 amide bonds. The molecule has 3 aromatic rings. The van der Waals surface area contributed by atoms with Crippen molar-refractivity contribution < 1.29 is 23.8 Å². The minimum absolute atomic E-state index is 0.0671. The zero-order valence-electron chi connectivity index (χ0n) is 25.7. The molecule has 9 heteroatoms. The van der Waals surface area contributed by atoms with Crippen LogP contribution in [0, 0.1) is 0 Å². The highest BCUT2D eigenvalue weighted by Crippen LogP contribution is 2.29. The zero-order chi connectivity index (χ0) is 30.3. The van der Waals surface area contributed by atoms with Crippen LogP contribution in [0.5, 0.6) is 11.5 Å². The molecule has 2 heterocycles. The number of benzene rings is 3. The number of anilines is 1. The molecule has 1 fully saturated rings. The second-order valence-corrected chi connectivity index (χ2v) is 11.4. The van der Waals surface area contributed by atoms with Gasteiger partial charge < -0.3 is 33.8 Å². The van der Waals surface area contributed by atoms with Gasteiger partial charge in [-0.2, -0.15) is 0 Å². The molecule has 0 atom stereocenters. The number of fused-ring (bicyclic) bond motifs is 3. The van der Waals surface area contributed by atoms with E-state index in [2.05, 4.69) is 17.0 Å². The summed E-state index contributed by atoms with van der Waals surface area (Å²) in [6.45, 7) is 5.23. The molecule has 43 heavy (non-hydrogen) atoms. The Hall–Kier alpha value is -4.08. The first kappa shape index (κ1) is 30.4. The summed E-state index contributed by atoms with van der Waals surface area (Å²) in [4.78, 5) is 35.1. The Balaban J connectivity index is 1.45. The first-order valence-electron chi connectivity index (χ1n) is 14.9. The molecule has 2 aliphatic rings. The molecule has 228 valence electrons. The molecular formula is C34H42N4O5. The van der Waals surface area contributed by atoms with E-state index < -0.39 is 0 Å². The summed E-state index contributed by atoms with van der Waals surface area (Å²) in [7, 11) is 7.39. The molecule has 5 rings (SSSR count). The number of nitrogens with zero attached hydrogens (tertiary/aromatic N) is 4. The Kier molecular flexibility index (Phi) is 9.84. The highest BCUT2D eigenvalue weighted by molar-refractivity contribution is 5.95. The summed E-state index contributed by atoms with van der Waals surface area (Å²) < 4.78 is 17.5. The van der Waals surface area contributed by atoms with Crippen molar-refractivity contribution in [1.29, 1.82) is 0 Å². The summed E-state index contributed by atoms with van der Waals surface area (Å²) in [5.41, 5.74) is 5.36. The number of morpholine rings is 1. The zero-order valence-corrected chi connectivity index (χ0v) is 25.7. The van der Waals surface area contributed by atoms with E-state index in [4.69, 9.17) is 14.2 Å². The van der Waals surface area contributed by atoms with Crippen LogP contribution in [-0.2, 0) is 17.7 Å². The van der Waals surface area contributed by atoms with Gasteiger partial charge >= 0.3 is 0 Å². The summed E-state index contributed by atoms with van der Waals surface area (Å²) in [5.74, 6) is 1.36. The van der Waals surface area contributed by atoms with Gasteiger partial charge in [0.25, 0.3) is 11.8 Å². The third-order valence-electron chi connectivity index (χ3n) is 7.96. The van der Waals surface area contributed by atoms with Gasteiger partial charge in [0, 0.05) is 74.1 Å². The Bertz CT molecular complexity index is 1440. The van der Waals surface area contributed by atoms with Crippen molar-refractivity contribution in [2.24, 2.45) is 0 Å². The minimum atomic E-state index is -0.107. The van der Waals surface area contributed by atoms with Crippen LogP contribution in [-0.4, -0.2) is 107 Å². The Morgan fingerprint density at radius 2 is 1.74 bits per heavy atom. The van der Waals surface area contributed by atoms with Gasteiger partial charge in [-0.15, -0.1) is 0 Å². The summed E-state index contributed by atoms with van der Waals surface area (Å²) in [5, 5.41) is 0. The number of amides is 2. The number of rotatable bonds is 5. The lowest BCUT2D eigenvalue weighted by Crippen LogP contribution is -2.41. The van der Waals surface area contributed by atoms with Crippen LogP contribution in [0.3, 0.4) is 0 Å². The molecule has 0 unspecified atom stereocenters. The van der Waals surface area contributed by atoms with E-state index in [1.54, 1.807) is 30.0 Å². The SMILES string of the molecule is COc1ccc(C(=O)N2CCOc3ccc(N4CCOCC4)cc3Cc3cccc(c3)C(=O)N(C)CC2)cc1CN(C)C. The van der Waals surface area contributed by atoms with Crippen LogP contribution >= 0.6 is 0 Å². The van der Waals surface area contributed by atoms with Crippen LogP contribution in [0.25, 0.3) is 0 Å². The third kappa shape index (κ3) is 7.47. The Morgan fingerprint density at radius 1 is 0.930 bits per heavy atom. The molecule has 2 bridgehead atoms. The average Bonchev–Trinajstić information content (AvgIpc) is 3.02. The fourth-order valence-electron chi connectivity index (χ4n) is 5.63. The maximum Gasteiger partial charge on any atom is 0.254 e. The highest BCUT2D eigenvalue weighted by Gasteiger charge is 2.22. The normalized spacial score (nSPS) is 16.4. The largest absolute Gasteiger partial charge is 0.496 e. The van der Waals surface area contributed by atoms with Gasteiger partial charge in [0.1, 0.15) is 18.1 Å². The third-order valence-corrected chi connectivity index (χ3v) is 7.96. The fourth-order valence-corrected chi connectivity index (χ4v) is 5.63. The summed E-state index contributed by atoms with van der Waals surface area (Å²) in [6.07, 6.45) is 0.626. The molecule has 0 radical (unpaired) electrons. The van der Waals surface area contributed by atoms with Crippen LogP contribution < -0.4 is 14.4 Å². The molecule has 0 spiro atoms. The van der Waals surface area contributed by atoms with Gasteiger partial charge in [-0.3, -0.25) is 9.59 Å². The van der Waals surface area contributed by atoms with Crippen LogP contribution in [0.1, 0.15) is 37.4 Å². The molecule has 9 nitrogen and oxygen atoms in total. The van der Waals surface area contributed by atoms with Gasteiger partial charge in [0.05, 0.1) is 26.9 Å². The standard InChI is InChI=1S/C34H42N4O5/c1-35(2)24-29-22-27(8-10-31(29)41-4)34(40)38-13-12-36(3)33(39)26-7-5-6-25(20-26)21-28-23-30(37-14-17-42-18-15-37)9-11-32(28)43-19-16-38/h5-11,20,22-23H,12-19,21,24H2,1-4H3. The van der Waals surface area contributed by atoms with Crippen molar-refractivity contribution in [2.45, 2.75) is 13.0 Å². The predicted octanol–water partition coefficient (Wildman–Crippen LogP) is 3.79. The molecule has 0 saturated carbocycles. The number of hydrogen-bond acceptors (Lipinski definition) is 7. The first-order valence-corrected chi connectivity index (χ1v) is 14.9. The smallest absolute Gasteiger partial charge is 0.254 e. The second-order valence-electron chi connectivity index (χ2n) is 11.4. The van der Waals surface area contributed by atoms with E-state index in [0.29, 0.717) is 63.5 Å². The van der Waals surface area contributed by atoms with Gasteiger partial charge in [0.2, 0.25) is 0 Å². The van der Waals surface area contributed by atoms with Gasteiger partial charge in [-0.1, -0.05) is 12.1 Å². The van der Waals surface area contributed by atoms with Crippen molar-refractivity contribution in [3.05, 3.63) is 88.5 Å². The Morgan fingerprint density at radius 3 is 2.51 bits per heavy atom. The lowest BCUT2D eigenvalue weighted by atomic mass is 10.0. The molecule has 0 aliphatic carbocycles. The number of likely N-dealkylation sites (N-methyl/N-ethyl adjacent to an activating group) is 1. The topological polar surface area (TPSA) is 74.8 Å².